The number of aromatic nitrogens is 3. The minimum absolute atomic E-state index is 0.00444. The summed E-state index contributed by atoms with van der Waals surface area (Å²) >= 11 is 0. The molecular formula is C20H20N4O2. The Labute approximate surface area is 150 Å². The van der Waals surface area contributed by atoms with Crippen LogP contribution in [-0.4, -0.2) is 27.6 Å². The first-order valence-electron chi connectivity index (χ1n) is 8.57. The number of H-pyrrole nitrogens is 1. The molecule has 4 rings (SSSR count). The summed E-state index contributed by atoms with van der Waals surface area (Å²) < 4.78 is 7.44. The minimum Gasteiger partial charge on any atom is -0.496 e. The number of fused-ring (bicyclic) bond motifs is 2. The molecule has 0 bridgehead atoms. The Morgan fingerprint density at radius 2 is 2.08 bits per heavy atom. The molecule has 26 heavy (non-hydrogen) atoms. The number of benzene rings is 2. The third-order valence-electron chi connectivity index (χ3n) is 4.46. The lowest BCUT2D eigenvalue weighted by Crippen LogP contribution is -2.24. The molecule has 0 aliphatic heterocycles. The number of aromatic amines is 1. The molecule has 0 spiro atoms. The van der Waals surface area contributed by atoms with E-state index in [4.69, 9.17) is 4.74 Å². The Morgan fingerprint density at radius 1 is 1.19 bits per heavy atom. The zero-order valence-corrected chi connectivity index (χ0v) is 14.5. The number of nitrogens with one attached hydrogen (secondary N) is 2. The van der Waals surface area contributed by atoms with Crippen LogP contribution in [0.15, 0.2) is 54.7 Å². The summed E-state index contributed by atoms with van der Waals surface area (Å²) in [4.78, 5) is 19.9. The molecule has 2 heterocycles. The van der Waals surface area contributed by atoms with Gasteiger partial charge in [0.15, 0.2) is 0 Å². The zero-order chi connectivity index (χ0) is 17.9. The van der Waals surface area contributed by atoms with E-state index in [9.17, 15) is 4.79 Å². The number of carbonyl (C=O) groups is 1. The zero-order valence-electron chi connectivity index (χ0n) is 14.5. The van der Waals surface area contributed by atoms with Crippen molar-refractivity contribution in [3.05, 3.63) is 60.6 Å². The molecule has 0 radical (unpaired) electrons. The highest BCUT2D eigenvalue weighted by Gasteiger charge is 2.08. The summed E-state index contributed by atoms with van der Waals surface area (Å²) in [7, 11) is 1.66. The van der Waals surface area contributed by atoms with Gasteiger partial charge in [0.05, 0.1) is 30.2 Å². The summed E-state index contributed by atoms with van der Waals surface area (Å²) in [6.45, 7) is 1.01. The molecule has 6 heteroatoms. The average Bonchev–Trinajstić information content (AvgIpc) is 3.28. The summed E-state index contributed by atoms with van der Waals surface area (Å²) in [5.41, 5.74) is 2.95. The van der Waals surface area contributed by atoms with Crippen LogP contribution in [0.2, 0.25) is 0 Å². The third-order valence-corrected chi connectivity index (χ3v) is 4.46. The van der Waals surface area contributed by atoms with Crippen molar-refractivity contribution in [1.29, 1.82) is 0 Å². The van der Waals surface area contributed by atoms with Gasteiger partial charge >= 0.3 is 0 Å². The number of hydrogen-bond acceptors (Lipinski definition) is 3. The van der Waals surface area contributed by atoms with Gasteiger partial charge in [0, 0.05) is 24.5 Å². The molecule has 0 saturated heterocycles. The van der Waals surface area contributed by atoms with Crippen molar-refractivity contribution in [2.24, 2.45) is 0 Å². The Hall–Kier alpha value is -3.28. The first-order valence-corrected chi connectivity index (χ1v) is 8.57. The second-order valence-electron chi connectivity index (χ2n) is 6.13. The molecule has 2 N–H and O–H groups in total. The highest BCUT2D eigenvalue weighted by atomic mass is 16.5. The van der Waals surface area contributed by atoms with E-state index >= 15 is 0 Å². The van der Waals surface area contributed by atoms with Gasteiger partial charge in [-0.2, -0.15) is 0 Å². The number of ether oxygens (including phenoxy) is 1. The number of aryl methyl sites for hydroxylation is 1. The quantitative estimate of drug-likeness (QED) is 0.562. The molecule has 0 aliphatic rings. The van der Waals surface area contributed by atoms with Crippen LogP contribution >= 0.6 is 0 Å². The molecule has 0 fully saturated rings. The molecule has 4 aromatic rings. The van der Waals surface area contributed by atoms with Gasteiger partial charge in [0.25, 0.3) is 0 Å². The fraction of sp³-hybridized carbons (Fsp3) is 0.200. The molecule has 6 nitrogen and oxygen atoms in total. The van der Waals surface area contributed by atoms with Crippen molar-refractivity contribution >= 4 is 27.8 Å². The maximum atomic E-state index is 12.2. The lowest BCUT2D eigenvalue weighted by molar-refractivity contribution is -0.121. The van der Waals surface area contributed by atoms with E-state index in [0.29, 0.717) is 19.5 Å². The number of para-hydroxylation sites is 2. The predicted octanol–water partition coefficient (Wildman–Crippen LogP) is 3.23. The topological polar surface area (TPSA) is 71.9 Å². The Kier molecular flexibility index (Phi) is 4.31. The van der Waals surface area contributed by atoms with E-state index in [1.165, 1.54) is 0 Å². The summed E-state index contributed by atoms with van der Waals surface area (Å²) in [6.07, 6.45) is 2.39. The van der Waals surface area contributed by atoms with E-state index in [2.05, 4.69) is 19.9 Å². The SMILES string of the molecule is COc1cccc2c1ccn2CCC(=O)NCc1nc2ccccc2[nH]1. The second kappa shape index (κ2) is 6.92. The lowest BCUT2D eigenvalue weighted by Gasteiger charge is -2.07. The van der Waals surface area contributed by atoms with Gasteiger partial charge in [-0.15, -0.1) is 0 Å². The van der Waals surface area contributed by atoms with Crippen molar-refractivity contribution in [3.8, 4) is 5.75 Å². The maximum absolute atomic E-state index is 12.2. The first-order chi connectivity index (χ1) is 12.7. The van der Waals surface area contributed by atoms with Crippen LogP contribution in [-0.2, 0) is 17.9 Å². The van der Waals surface area contributed by atoms with Crippen LogP contribution < -0.4 is 10.1 Å². The fourth-order valence-electron chi connectivity index (χ4n) is 3.15. The lowest BCUT2D eigenvalue weighted by atomic mass is 10.2. The second-order valence-corrected chi connectivity index (χ2v) is 6.13. The monoisotopic (exact) mass is 348 g/mol. The number of amides is 1. The predicted molar refractivity (Wildman–Crippen MR) is 101 cm³/mol. The van der Waals surface area contributed by atoms with Gasteiger partial charge in [-0.05, 0) is 30.3 Å². The van der Waals surface area contributed by atoms with Crippen LogP contribution in [0, 0.1) is 0 Å². The number of methoxy groups -OCH3 is 1. The smallest absolute Gasteiger partial charge is 0.222 e. The average molecular weight is 348 g/mol. The van der Waals surface area contributed by atoms with Crippen molar-refractivity contribution in [2.75, 3.05) is 7.11 Å². The number of nitrogens with zero attached hydrogens (tertiary/aromatic N) is 2. The van der Waals surface area contributed by atoms with Gasteiger partial charge in [-0.25, -0.2) is 4.98 Å². The van der Waals surface area contributed by atoms with E-state index in [-0.39, 0.29) is 5.91 Å². The molecule has 132 valence electrons. The number of carbonyl (C=O) groups excluding carboxylic acids is 1. The highest BCUT2D eigenvalue weighted by Crippen LogP contribution is 2.26. The Bertz CT molecular complexity index is 1030. The number of hydrogen-bond donors (Lipinski definition) is 2. The Balaban J connectivity index is 1.37. The van der Waals surface area contributed by atoms with Gasteiger partial charge in [-0.3, -0.25) is 4.79 Å². The van der Waals surface area contributed by atoms with Crippen molar-refractivity contribution in [2.45, 2.75) is 19.5 Å². The van der Waals surface area contributed by atoms with Gasteiger partial charge in [0.2, 0.25) is 5.91 Å². The molecule has 0 aliphatic carbocycles. The molecule has 0 unspecified atom stereocenters. The highest BCUT2D eigenvalue weighted by molar-refractivity contribution is 5.86. The van der Waals surface area contributed by atoms with Crippen LogP contribution in [0.3, 0.4) is 0 Å². The minimum atomic E-state index is -0.00444. The molecule has 2 aromatic heterocycles. The number of imidazole rings is 1. The normalized spacial score (nSPS) is 11.1. The maximum Gasteiger partial charge on any atom is 0.222 e. The summed E-state index contributed by atoms with van der Waals surface area (Å²) in [5.74, 6) is 1.60. The van der Waals surface area contributed by atoms with Crippen LogP contribution in [0.4, 0.5) is 0 Å². The molecule has 0 atom stereocenters. The van der Waals surface area contributed by atoms with Gasteiger partial charge in [-0.1, -0.05) is 18.2 Å². The third kappa shape index (κ3) is 3.13. The molecular weight excluding hydrogens is 328 g/mol. The van der Waals surface area contributed by atoms with Gasteiger partial charge < -0.3 is 19.6 Å². The summed E-state index contributed by atoms with van der Waals surface area (Å²) in [5, 5.41) is 3.98. The largest absolute Gasteiger partial charge is 0.496 e. The van der Waals surface area contributed by atoms with E-state index in [1.54, 1.807) is 7.11 Å². The molecule has 2 aromatic carbocycles. The van der Waals surface area contributed by atoms with Crippen LogP contribution in [0.1, 0.15) is 12.2 Å². The van der Waals surface area contributed by atoms with Crippen molar-refractivity contribution in [1.82, 2.24) is 19.9 Å². The van der Waals surface area contributed by atoms with Crippen molar-refractivity contribution in [3.63, 3.8) is 0 Å². The molecule has 1 amide bonds. The van der Waals surface area contributed by atoms with Crippen LogP contribution in [0.5, 0.6) is 5.75 Å². The van der Waals surface area contributed by atoms with Crippen molar-refractivity contribution < 1.29 is 9.53 Å². The Morgan fingerprint density at radius 3 is 2.92 bits per heavy atom. The first kappa shape index (κ1) is 16.2. The summed E-state index contributed by atoms with van der Waals surface area (Å²) in [6, 6.07) is 15.8. The van der Waals surface area contributed by atoms with Gasteiger partial charge in [0.1, 0.15) is 11.6 Å². The molecule has 0 saturated carbocycles. The van der Waals surface area contributed by atoms with E-state index in [1.807, 2.05) is 54.7 Å². The van der Waals surface area contributed by atoms with E-state index < -0.39 is 0 Å². The van der Waals surface area contributed by atoms with Crippen LogP contribution in [0.25, 0.3) is 21.9 Å². The fourth-order valence-corrected chi connectivity index (χ4v) is 3.15. The number of rotatable bonds is 6. The standard InChI is InChI=1S/C20H20N4O2/c1-26-18-8-4-7-17-14(18)9-11-24(17)12-10-20(25)21-13-19-22-15-5-2-3-6-16(15)23-19/h2-9,11H,10,12-13H2,1H3,(H,21,25)(H,22,23). The van der Waals surface area contributed by atoms with E-state index in [0.717, 1.165) is 33.5 Å².